The third-order valence-electron chi connectivity index (χ3n) is 2.40. The van der Waals surface area contributed by atoms with Gasteiger partial charge >= 0.3 is 0 Å². The van der Waals surface area contributed by atoms with Gasteiger partial charge < -0.3 is 5.73 Å². The molecule has 2 N–H and O–H groups in total. The number of rotatable bonds is 3. The fourth-order valence-electron chi connectivity index (χ4n) is 1.62. The molecule has 1 heterocycles. The van der Waals surface area contributed by atoms with Gasteiger partial charge in [-0.05, 0) is 23.3 Å². The first-order chi connectivity index (χ1) is 8.19. The first kappa shape index (κ1) is 11.5. The predicted octanol–water partition coefficient (Wildman–Crippen LogP) is 0.889. The van der Waals surface area contributed by atoms with Crippen LogP contribution in [-0.2, 0) is 13.1 Å². The molecule has 0 amide bonds. The van der Waals surface area contributed by atoms with E-state index in [1.807, 2.05) is 0 Å². The van der Waals surface area contributed by atoms with Crippen LogP contribution in [0, 0.1) is 5.82 Å². The van der Waals surface area contributed by atoms with Crippen molar-refractivity contribution in [3.63, 3.8) is 0 Å². The highest BCUT2D eigenvalue weighted by Gasteiger charge is 2.02. The summed E-state index contributed by atoms with van der Waals surface area (Å²) in [6, 6.07) is 5.92. The Hall–Kier alpha value is -2.01. The Morgan fingerprint density at radius 1 is 1.29 bits per heavy atom. The van der Waals surface area contributed by atoms with Gasteiger partial charge in [0.1, 0.15) is 5.82 Å². The summed E-state index contributed by atoms with van der Waals surface area (Å²) >= 11 is 0. The maximum Gasteiger partial charge on any atom is 0.253 e. The van der Waals surface area contributed by atoms with Gasteiger partial charge in [0, 0.05) is 18.8 Å². The molecular formula is C12H12FN3O. The van der Waals surface area contributed by atoms with E-state index >= 15 is 0 Å². The van der Waals surface area contributed by atoms with E-state index in [1.54, 1.807) is 6.07 Å². The third kappa shape index (κ3) is 2.76. The summed E-state index contributed by atoms with van der Waals surface area (Å²) in [6.07, 6.45) is 2.85. The maximum absolute atomic E-state index is 13.3. The topological polar surface area (TPSA) is 60.9 Å². The first-order valence-corrected chi connectivity index (χ1v) is 5.18. The summed E-state index contributed by atoms with van der Waals surface area (Å²) in [5, 5.41) is 0. The number of nitrogens with two attached hydrogens (primary N) is 1. The fraction of sp³-hybridized carbons (Fsp3) is 0.167. The van der Waals surface area contributed by atoms with Crippen molar-refractivity contribution in [1.82, 2.24) is 9.55 Å². The van der Waals surface area contributed by atoms with Gasteiger partial charge in [-0.1, -0.05) is 6.07 Å². The molecule has 1 aromatic carbocycles. The third-order valence-corrected chi connectivity index (χ3v) is 2.40. The molecular weight excluding hydrogens is 221 g/mol. The molecule has 0 aliphatic heterocycles. The smallest absolute Gasteiger partial charge is 0.253 e. The van der Waals surface area contributed by atoms with E-state index in [4.69, 9.17) is 5.73 Å². The zero-order valence-corrected chi connectivity index (χ0v) is 9.14. The van der Waals surface area contributed by atoms with E-state index < -0.39 is 0 Å². The highest BCUT2D eigenvalue weighted by molar-refractivity contribution is 5.24. The summed E-state index contributed by atoms with van der Waals surface area (Å²) in [7, 11) is 0. The number of aromatic nitrogens is 2. The predicted molar refractivity (Wildman–Crippen MR) is 61.9 cm³/mol. The van der Waals surface area contributed by atoms with Gasteiger partial charge in [-0.3, -0.25) is 9.36 Å². The number of benzene rings is 1. The molecule has 5 heteroatoms. The number of hydrogen-bond acceptors (Lipinski definition) is 3. The van der Waals surface area contributed by atoms with Crippen molar-refractivity contribution < 1.29 is 4.39 Å². The van der Waals surface area contributed by atoms with Crippen LogP contribution in [0.3, 0.4) is 0 Å². The molecule has 17 heavy (non-hydrogen) atoms. The average Bonchev–Trinajstić information content (AvgIpc) is 2.31. The molecule has 2 rings (SSSR count). The largest absolute Gasteiger partial charge is 0.326 e. The Labute approximate surface area is 97.5 Å². The maximum atomic E-state index is 13.3. The van der Waals surface area contributed by atoms with E-state index in [-0.39, 0.29) is 24.5 Å². The lowest BCUT2D eigenvalue weighted by atomic mass is 10.1. The second-order valence-electron chi connectivity index (χ2n) is 3.72. The minimum Gasteiger partial charge on any atom is -0.326 e. The number of nitrogens with zero attached hydrogens (tertiary/aromatic N) is 2. The quantitative estimate of drug-likeness (QED) is 0.856. The van der Waals surface area contributed by atoms with Gasteiger partial charge in [-0.15, -0.1) is 0 Å². The van der Waals surface area contributed by atoms with Crippen LogP contribution in [0.5, 0.6) is 0 Å². The summed E-state index contributed by atoms with van der Waals surface area (Å²) in [6.45, 7) is 0.560. The van der Waals surface area contributed by atoms with Gasteiger partial charge in [-0.25, -0.2) is 9.37 Å². The van der Waals surface area contributed by atoms with Crippen LogP contribution >= 0.6 is 0 Å². The lowest BCUT2D eigenvalue weighted by Gasteiger charge is -2.06. The van der Waals surface area contributed by atoms with E-state index in [0.717, 1.165) is 0 Å². The van der Waals surface area contributed by atoms with Crippen LogP contribution < -0.4 is 11.3 Å². The Morgan fingerprint density at radius 3 is 2.76 bits per heavy atom. The van der Waals surface area contributed by atoms with Crippen LogP contribution in [0.25, 0.3) is 0 Å². The minimum atomic E-state index is -0.347. The van der Waals surface area contributed by atoms with Gasteiger partial charge in [0.05, 0.1) is 12.9 Å². The molecule has 0 fully saturated rings. The molecule has 88 valence electrons. The van der Waals surface area contributed by atoms with E-state index in [9.17, 15) is 9.18 Å². The van der Waals surface area contributed by atoms with Crippen LogP contribution in [-0.4, -0.2) is 9.55 Å². The van der Waals surface area contributed by atoms with Crippen LogP contribution in [0.2, 0.25) is 0 Å². The molecule has 1 aromatic heterocycles. The molecule has 2 aromatic rings. The van der Waals surface area contributed by atoms with Gasteiger partial charge in [-0.2, -0.15) is 0 Å². The van der Waals surface area contributed by atoms with Crippen molar-refractivity contribution in [2.24, 2.45) is 5.73 Å². The Kier molecular flexibility index (Phi) is 3.30. The summed E-state index contributed by atoms with van der Waals surface area (Å²) < 4.78 is 14.7. The van der Waals surface area contributed by atoms with Crippen molar-refractivity contribution in [3.05, 3.63) is 64.1 Å². The zero-order chi connectivity index (χ0) is 12.3. The van der Waals surface area contributed by atoms with E-state index in [1.165, 1.54) is 35.3 Å². The summed E-state index contributed by atoms with van der Waals surface area (Å²) in [5.41, 5.74) is 6.70. The lowest BCUT2D eigenvalue weighted by Crippen LogP contribution is -2.19. The molecule has 0 bridgehead atoms. The molecule has 0 radical (unpaired) electrons. The molecule has 0 atom stereocenters. The van der Waals surface area contributed by atoms with Crippen molar-refractivity contribution >= 4 is 0 Å². The molecule has 0 spiro atoms. The average molecular weight is 233 g/mol. The van der Waals surface area contributed by atoms with Gasteiger partial charge in [0.2, 0.25) is 0 Å². The van der Waals surface area contributed by atoms with E-state index in [0.29, 0.717) is 11.1 Å². The molecule has 0 aliphatic rings. The Balaban J connectivity index is 2.33. The van der Waals surface area contributed by atoms with Crippen LogP contribution in [0.15, 0.2) is 41.6 Å². The van der Waals surface area contributed by atoms with Crippen molar-refractivity contribution in [3.8, 4) is 0 Å². The highest BCUT2D eigenvalue weighted by atomic mass is 19.1. The SMILES string of the molecule is NCc1cc(F)cc(Cn2cnccc2=O)c1. The van der Waals surface area contributed by atoms with Crippen molar-refractivity contribution in [2.45, 2.75) is 13.1 Å². The standard InChI is InChI=1S/C12H12FN3O/c13-11-4-9(6-14)3-10(5-11)7-16-8-15-2-1-12(16)17/h1-5,8H,6-7,14H2. The van der Waals surface area contributed by atoms with Gasteiger partial charge in [0.25, 0.3) is 5.56 Å². The number of hydrogen-bond donors (Lipinski definition) is 1. The zero-order valence-electron chi connectivity index (χ0n) is 9.14. The fourth-order valence-corrected chi connectivity index (χ4v) is 1.62. The Morgan fingerprint density at radius 2 is 2.06 bits per heavy atom. The second kappa shape index (κ2) is 4.88. The van der Waals surface area contributed by atoms with Crippen molar-refractivity contribution in [1.29, 1.82) is 0 Å². The first-order valence-electron chi connectivity index (χ1n) is 5.18. The minimum absolute atomic E-state index is 0.168. The van der Waals surface area contributed by atoms with Crippen LogP contribution in [0.1, 0.15) is 11.1 Å². The highest BCUT2D eigenvalue weighted by Crippen LogP contribution is 2.09. The molecule has 4 nitrogen and oxygen atoms in total. The summed E-state index contributed by atoms with van der Waals surface area (Å²) in [5.74, 6) is -0.347. The monoisotopic (exact) mass is 233 g/mol. The molecule has 0 unspecified atom stereocenters. The van der Waals surface area contributed by atoms with Gasteiger partial charge in [0.15, 0.2) is 0 Å². The van der Waals surface area contributed by atoms with Crippen molar-refractivity contribution in [2.75, 3.05) is 0 Å². The molecule has 0 saturated carbocycles. The molecule has 0 aliphatic carbocycles. The Bertz CT molecular complexity index is 580. The van der Waals surface area contributed by atoms with Crippen LogP contribution in [0.4, 0.5) is 4.39 Å². The lowest BCUT2D eigenvalue weighted by molar-refractivity contribution is 0.619. The van der Waals surface area contributed by atoms with E-state index in [2.05, 4.69) is 4.98 Å². The second-order valence-corrected chi connectivity index (χ2v) is 3.72. The normalized spacial score (nSPS) is 10.5. The summed E-state index contributed by atoms with van der Waals surface area (Å²) in [4.78, 5) is 15.3. The number of halogens is 1. The molecule has 0 saturated heterocycles.